The highest BCUT2D eigenvalue weighted by Crippen LogP contribution is 2.24. The number of anilines is 1. The summed E-state index contributed by atoms with van der Waals surface area (Å²) in [5, 5.41) is 12.0. The van der Waals surface area contributed by atoms with Crippen LogP contribution in [-0.4, -0.2) is 26.4 Å². The number of carbonyl (C=O) groups is 1. The predicted octanol–water partition coefficient (Wildman–Crippen LogP) is 3.91. The van der Waals surface area contributed by atoms with Crippen molar-refractivity contribution < 1.29 is 9.21 Å². The molecular weight excluding hydrogens is 336 g/mol. The number of benzene rings is 1. The summed E-state index contributed by atoms with van der Waals surface area (Å²) in [5.74, 6) is 1.54. The lowest BCUT2D eigenvalue weighted by Crippen LogP contribution is -2.15. The molecule has 7 heteroatoms. The van der Waals surface area contributed by atoms with Crippen molar-refractivity contribution >= 4 is 23.4 Å². The van der Waals surface area contributed by atoms with Crippen LogP contribution in [0.15, 0.2) is 46.2 Å². The van der Waals surface area contributed by atoms with Crippen LogP contribution in [0.1, 0.15) is 18.1 Å². The summed E-state index contributed by atoms with van der Waals surface area (Å²) in [6.45, 7) is 6.74. The molecular formula is C18H20N4O2S. The molecule has 0 saturated carbocycles. The van der Waals surface area contributed by atoms with Crippen molar-refractivity contribution in [1.29, 1.82) is 0 Å². The summed E-state index contributed by atoms with van der Waals surface area (Å²) in [7, 11) is 0. The third kappa shape index (κ3) is 3.76. The maximum atomic E-state index is 12.3. The molecule has 3 rings (SSSR count). The quantitative estimate of drug-likeness (QED) is 0.678. The molecule has 2 heterocycles. The highest BCUT2D eigenvalue weighted by molar-refractivity contribution is 7.99. The SMILES string of the molecule is CCn1c(SCC(=O)Nc2cccc(C)c2C)nnc1-c1ccco1. The maximum absolute atomic E-state index is 12.3. The zero-order valence-corrected chi connectivity index (χ0v) is 15.3. The number of thioether (sulfide) groups is 1. The van der Waals surface area contributed by atoms with E-state index < -0.39 is 0 Å². The number of rotatable bonds is 6. The zero-order valence-electron chi connectivity index (χ0n) is 14.4. The van der Waals surface area contributed by atoms with Crippen LogP contribution in [0.2, 0.25) is 0 Å². The van der Waals surface area contributed by atoms with Crippen molar-refractivity contribution in [3.8, 4) is 11.6 Å². The Morgan fingerprint density at radius 2 is 2.08 bits per heavy atom. The van der Waals surface area contributed by atoms with Gasteiger partial charge < -0.3 is 9.73 Å². The number of nitrogens with one attached hydrogen (secondary N) is 1. The molecule has 0 aliphatic heterocycles. The molecule has 0 fully saturated rings. The average Bonchev–Trinajstić information content (AvgIpc) is 3.25. The Hall–Kier alpha value is -2.54. The second kappa shape index (κ2) is 7.57. The number of furan rings is 1. The topological polar surface area (TPSA) is 73.0 Å². The molecule has 2 aromatic heterocycles. The van der Waals surface area contributed by atoms with Crippen molar-refractivity contribution in [1.82, 2.24) is 14.8 Å². The van der Waals surface area contributed by atoms with E-state index in [1.54, 1.807) is 6.26 Å². The molecule has 0 aliphatic carbocycles. The van der Waals surface area contributed by atoms with Crippen LogP contribution >= 0.6 is 11.8 Å². The molecule has 0 bridgehead atoms. The molecule has 0 saturated heterocycles. The first-order valence-electron chi connectivity index (χ1n) is 8.06. The highest BCUT2D eigenvalue weighted by Gasteiger charge is 2.16. The molecule has 0 unspecified atom stereocenters. The molecule has 0 atom stereocenters. The monoisotopic (exact) mass is 356 g/mol. The van der Waals surface area contributed by atoms with Crippen LogP contribution in [-0.2, 0) is 11.3 Å². The Bertz CT molecular complexity index is 871. The number of carbonyl (C=O) groups excluding carboxylic acids is 1. The first-order chi connectivity index (χ1) is 12.1. The van der Waals surface area contributed by atoms with Crippen LogP contribution in [0.4, 0.5) is 5.69 Å². The molecule has 130 valence electrons. The first-order valence-corrected chi connectivity index (χ1v) is 9.04. The largest absolute Gasteiger partial charge is 0.461 e. The van der Waals surface area contributed by atoms with Gasteiger partial charge >= 0.3 is 0 Å². The smallest absolute Gasteiger partial charge is 0.234 e. The van der Waals surface area contributed by atoms with E-state index >= 15 is 0 Å². The van der Waals surface area contributed by atoms with Crippen LogP contribution in [0, 0.1) is 13.8 Å². The molecule has 25 heavy (non-hydrogen) atoms. The fourth-order valence-corrected chi connectivity index (χ4v) is 3.27. The number of aryl methyl sites for hydroxylation is 1. The van der Waals surface area contributed by atoms with Crippen LogP contribution in [0.25, 0.3) is 11.6 Å². The van der Waals surface area contributed by atoms with Crippen molar-refractivity contribution in [2.24, 2.45) is 0 Å². The lowest BCUT2D eigenvalue weighted by molar-refractivity contribution is -0.113. The minimum atomic E-state index is -0.0658. The van der Waals surface area contributed by atoms with Gasteiger partial charge in [-0.1, -0.05) is 23.9 Å². The summed E-state index contributed by atoms with van der Waals surface area (Å²) >= 11 is 1.36. The van der Waals surface area contributed by atoms with E-state index in [0.29, 0.717) is 23.3 Å². The molecule has 1 N–H and O–H groups in total. The molecule has 0 aliphatic rings. The molecule has 1 amide bonds. The van der Waals surface area contributed by atoms with Gasteiger partial charge in [-0.2, -0.15) is 0 Å². The Balaban J connectivity index is 1.67. The Morgan fingerprint density at radius 3 is 2.80 bits per heavy atom. The van der Waals surface area contributed by atoms with Gasteiger partial charge in [-0.05, 0) is 50.1 Å². The highest BCUT2D eigenvalue weighted by atomic mass is 32.2. The zero-order chi connectivity index (χ0) is 17.8. The minimum Gasteiger partial charge on any atom is -0.461 e. The van der Waals surface area contributed by atoms with Gasteiger partial charge in [0.05, 0.1) is 12.0 Å². The number of amides is 1. The van der Waals surface area contributed by atoms with E-state index in [0.717, 1.165) is 16.8 Å². The Kier molecular flexibility index (Phi) is 5.23. The van der Waals surface area contributed by atoms with Gasteiger partial charge in [0.2, 0.25) is 5.91 Å². The molecule has 1 aromatic carbocycles. The van der Waals surface area contributed by atoms with E-state index in [-0.39, 0.29) is 11.7 Å². The molecule has 0 radical (unpaired) electrons. The summed E-state index contributed by atoms with van der Waals surface area (Å²) in [6, 6.07) is 9.54. The normalized spacial score (nSPS) is 10.8. The fraction of sp³-hybridized carbons (Fsp3) is 0.278. The van der Waals surface area contributed by atoms with Gasteiger partial charge in [-0.15, -0.1) is 10.2 Å². The van der Waals surface area contributed by atoms with Crippen LogP contribution < -0.4 is 5.32 Å². The predicted molar refractivity (Wildman–Crippen MR) is 98.7 cm³/mol. The van der Waals surface area contributed by atoms with Crippen LogP contribution in [0.5, 0.6) is 0 Å². The molecule has 6 nitrogen and oxygen atoms in total. The van der Waals surface area contributed by atoms with E-state index in [4.69, 9.17) is 4.42 Å². The fourth-order valence-electron chi connectivity index (χ4n) is 2.47. The summed E-state index contributed by atoms with van der Waals surface area (Å²) in [5.41, 5.74) is 3.08. The van der Waals surface area contributed by atoms with Crippen molar-refractivity contribution in [2.45, 2.75) is 32.5 Å². The Morgan fingerprint density at radius 1 is 1.24 bits per heavy atom. The second-order valence-electron chi connectivity index (χ2n) is 5.61. The molecule has 3 aromatic rings. The van der Waals surface area contributed by atoms with E-state index in [9.17, 15) is 4.79 Å². The van der Waals surface area contributed by atoms with E-state index in [2.05, 4.69) is 15.5 Å². The van der Waals surface area contributed by atoms with Crippen molar-refractivity contribution in [3.63, 3.8) is 0 Å². The second-order valence-corrected chi connectivity index (χ2v) is 6.55. The number of hydrogen-bond donors (Lipinski definition) is 1. The van der Waals surface area contributed by atoms with Gasteiger partial charge in [-0.25, -0.2) is 0 Å². The maximum Gasteiger partial charge on any atom is 0.234 e. The third-order valence-corrected chi connectivity index (χ3v) is 4.95. The Labute approximate surface area is 150 Å². The van der Waals surface area contributed by atoms with Crippen LogP contribution in [0.3, 0.4) is 0 Å². The van der Waals surface area contributed by atoms with Gasteiger partial charge in [0.15, 0.2) is 16.7 Å². The van der Waals surface area contributed by atoms with Gasteiger partial charge in [0.1, 0.15) is 0 Å². The summed E-state index contributed by atoms with van der Waals surface area (Å²) < 4.78 is 7.33. The van der Waals surface area contributed by atoms with E-state index in [1.165, 1.54) is 11.8 Å². The first kappa shape index (κ1) is 17.3. The standard InChI is InChI=1S/C18H20N4O2S/c1-4-22-17(15-9-6-10-24-15)20-21-18(22)25-11-16(23)19-14-8-5-7-12(2)13(14)3/h5-10H,4,11H2,1-3H3,(H,19,23). The van der Waals surface area contributed by atoms with Gasteiger partial charge in [0.25, 0.3) is 0 Å². The lowest BCUT2D eigenvalue weighted by atomic mass is 10.1. The minimum absolute atomic E-state index is 0.0658. The number of hydrogen-bond acceptors (Lipinski definition) is 5. The van der Waals surface area contributed by atoms with Gasteiger partial charge in [-0.3, -0.25) is 9.36 Å². The molecule has 0 spiro atoms. The van der Waals surface area contributed by atoms with Crippen molar-refractivity contribution in [2.75, 3.05) is 11.1 Å². The number of nitrogens with zero attached hydrogens (tertiary/aromatic N) is 3. The lowest BCUT2D eigenvalue weighted by Gasteiger charge is -2.10. The summed E-state index contributed by atoms with van der Waals surface area (Å²) in [6.07, 6.45) is 1.61. The number of aromatic nitrogens is 3. The van der Waals surface area contributed by atoms with Crippen molar-refractivity contribution in [3.05, 3.63) is 47.7 Å². The van der Waals surface area contributed by atoms with E-state index in [1.807, 2.05) is 55.7 Å². The summed E-state index contributed by atoms with van der Waals surface area (Å²) in [4.78, 5) is 12.3. The van der Waals surface area contributed by atoms with Gasteiger partial charge in [0, 0.05) is 12.2 Å². The third-order valence-electron chi connectivity index (χ3n) is 3.99. The average molecular weight is 356 g/mol.